The molecule has 164 valence electrons. The van der Waals surface area contributed by atoms with Crippen LogP contribution in [0.4, 0.5) is 0 Å². The molecule has 4 atom stereocenters. The number of amides is 3. The fraction of sp³-hybridized carbons (Fsp3) is 0.560. The normalized spacial score (nSPS) is 30.0. The number of benzene rings is 1. The van der Waals surface area contributed by atoms with E-state index in [1.54, 1.807) is 4.90 Å². The number of imide groups is 1. The second-order valence-corrected chi connectivity index (χ2v) is 9.82. The van der Waals surface area contributed by atoms with E-state index in [1.807, 2.05) is 0 Å². The van der Waals surface area contributed by atoms with Crippen molar-refractivity contribution in [3.05, 3.63) is 47.5 Å². The van der Waals surface area contributed by atoms with E-state index in [4.69, 9.17) is 0 Å². The lowest BCUT2D eigenvalue weighted by Crippen LogP contribution is -2.51. The smallest absolute Gasteiger partial charge is 0.242 e. The summed E-state index contributed by atoms with van der Waals surface area (Å²) in [5.74, 6) is 0.0668. The average molecular weight is 422 g/mol. The third-order valence-corrected chi connectivity index (χ3v) is 7.63. The van der Waals surface area contributed by atoms with Crippen LogP contribution in [0, 0.1) is 23.7 Å². The van der Waals surface area contributed by atoms with Crippen LogP contribution in [-0.2, 0) is 20.9 Å². The van der Waals surface area contributed by atoms with Crippen molar-refractivity contribution in [1.29, 1.82) is 0 Å². The number of likely N-dealkylation sites (tertiary alicyclic amines) is 1. The highest BCUT2D eigenvalue weighted by Gasteiger charge is 2.59. The van der Waals surface area contributed by atoms with Crippen LogP contribution >= 0.6 is 0 Å². The van der Waals surface area contributed by atoms with Crippen molar-refractivity contribution in [2.24, 2.45) is 23.7 Å². The first-order chi connectivity index (χ1) is 14.9. The molecule has 4 unspecified atom stereocenters. The molecular weight excluding hydrogens is 390 g/mol. The average Bonchev–Trinajstić information content (AvgIpc) is 3.45. The van der Waals surface area contributed by atoms with Crippen molar-refractivity contribution in [2.45, 2.75) is 32.7 Å². The third kappa shape index (κ3) is 3.61. The molecule has 6 nitrogen and oxygen atoms in total. The van der Waals surface area contributed by atoms with E-state index in [-0.39, 0.29) is 47.9 Å². The van der Waals surface area contributed by atoms with Crippen molar-refractivity contribution in [1.82, 2.24) is 14.7 Å². The maximum absolute atomic E-state index is 12.9. The van der Waals surface area contributed by atoms with E-state index < -0.39 is 0 Å². The Morgan fingerprint density at radius 3 is 2.06 bits per heavy atom. The molecule has 31 heavy (non-hydrogen) atoms. The summed E-state index contributed by atoms with van der Waals surface area (Å²) in [4.78, 5) is 43.9. The van der Waals surface area contributed by atoms with Gasteiger partial charge in [-0.15, -0.1) is 0 Å². The molecule has 0 radical (unpaired) electrons. The Kier molecular flexibility index (Phi) is 5.21. The van der Waals surface area contributed by atoms with Gasteiger partial charge in [0.25, 0.3) is 0 Å². The largest absolute Gasteiger partial charge is 0.339 e. The van der Waals surface area contributed by atoms with Crippen LogP contribution in [0.15, 0.2) is 36.4 Å². The number of allylic oxidation sites excluding steroid dienone is 2. The van der Waals surface area contributed by atoms with Gasteiger partial charge in [0.05, 0.1) is 11.8 Å². The highest BCUT2D eigenvalue weighted by molar-refractivity contribution is 6.08. The molecule has 2 bridgehead atoms. The van der Waals surface area contributed by atoms with Gasteiger partial charge in [-0.05, 0) is 35.3 Å². The van der Waals surface area contributed by atoms with Crippen molar-refractivity contribution in [2.75, 3.05) is 32.7 Å². The Morgan fingerprint density at radius 2 is 1.52 bits per heavy atom. The monoisotopic (exact) mass is 421 g/mol. The van der Waals surface area contributed by atoms with E-state index in [9.17, 15) is 14.4 Å². The Balaban J connectivity index is 1.13. The highest BCUT2D eigenvalue weighted by Crippen LogP contribution is 2.52. The predicted octanol–water partition coefficient (Wildman–Crippen LogP) is 2.26. The molecule has 0 N–H and O–H groups in total. The summed E-state index contributed by atoms with van der Waals surface area (Å²) in [5.41, 5.74) is 2.63. The van der Waals surface area contributed by atoms with Gasteiger partial charge in [-0.25, -0.2) is 0 Å². The lowest BCUT2D eigenvalue weighted by Gasteiger charge is -2.35. The number of carbonyl (C=O) groups is 3. The second kappa shape index (κ2) is 7.90. The quantitative estimate of drug-likeness (QED) is 0.541. The standard InChI is InChI=1S/C25H31N3O3/c1-16(2)18-5-3-17(4-6-18)14-26-9-11-27(12-10-26)21(29)15-28-24(30)22-19-7-8-20(13-19)23(22)25(28)31/h3-8,16,19-20,22-23H,9-15H2,1-2H3. The SMILES string of the molecule is CC(C)c1ccc(CN2CCN(C(=O)CN3C(=O)C4C5C=CC(C5)C4C3=O)CC2)cc1. The van der Waals surface area contributed by atoms with Gasteiger partial charge in [0.2, 0.25) is 17.7 Å². The lowest BCUT2D eigenvalue weighted by atomic mass is 9.85. The summed E-state index contributed by atoms with van der Waals surface area (Å²) >= 11 is 0. The first-order valence-electron chi connectivity index (χ1n) is 11.5. The van der Waals surface area contributed by atoms with Crippen LogP contribution in [0.1, 0.15) is 37.3 Å². The number of nitrogens with zero attached hydrogens (tertiary/aromatic N) is 3. The van der Waals surface area contributed by atoms with Gasteiger partial charge in [-0.2, -0.15) is 0 Å². The molecule has 1 saturated carbocycles. The van der Waals surface area contributed by atoms with E-state index in [1.165, 1.54) is 16.0 Å². The molecule has 4 aliphatic rings. The zero-order chi connectivity index (χ0) is 21.7. The summed E-state index contributed by atoms with van der Waals surface area (Å²) in [6.45, 7) is 8.06. The van der Waals surface area contributed by atoms with E-state index >= 15 is 0 Å². The number of carbonyl (C=O) groups excluding carboxylic acids is 3. The van der Waals surface area contributed by atoms with Crippen molar-refractivity contribution >= 4 is 17.7 Å². The van der Waals surface area contributed by atoms with Crippen LogP contribution in [0.2, 0.25) is 0 Å². The molecule has 1 aromatic carbocycles. The Hall–Kier alpha value is -2.47. The summed E-state index contributed by atoms with van der Waals surface area (Å²) in [5, 5.41) is 0. The van der Waals surface area contributed by atoms with Crippen LogP contribution in [0.3, 0.4) is 0 Å². The van der Waals surface area contributed by atoms with Crippen molar-refractivity contribution in [3.63, 3.8) is 0 Å². The maximum atomic E-state index is 12.9. The van der Waals surface area contributed by atoms with Gasteiger partial charge >= 0.3 is 0 Å². The Bertz CT molecular complexity index is 884. The summed E-state index contributed by atoms with van der Waals surface area (Å²) in [6.07, 6.45) is 5.08. The number of fused-ring (bicyclic) bond motifs is 5. The van der Waals surface area contributed by atoms with E-state index in [0.29, 0.717) is 19.0 Å². The molecule has 0 aromatic heterocycles. The molecule has 2 aliphatic carbocycles. The predicted molar refractivity (Wildman–Crippen MR) is 117 cm³/mol. The summed E-state index contributed by atoms with van der Waals surface area (Å²) in [7, 11) is 0. The Labute approximate surface area is 183 Å². The van der Waals surface area contributed by atoms with Gasteiger partial charge in [0.15, 0.2) is 0 Å². The molecule has 3 fully saturated rings. The molecule has 1 aromatic rings. The molecule has 0 spiro atoms. The van der Waals surface area contributed by atoms with Crippen LogP contribution < -0.4 is 0 Å². The zero-order valence-electron chi connectivity index (χ0n) is 18.4. The number of piperazine rings is 1. The summed E-state index contributed by atoms with van der Waals surface area (Å²) < 4.78 is 0. The molecule has 2 heterocycles. The maximum Gasteiger partial charge on any atom is 0.242 e. The molecule has 6 heteroatoms. The minimum Gasteiger partial charge on any atom is -0.339 e. The topological polar surface area (TPSA) is 60.9 Å². The molecule has 2 saturated heterocycles. The molecule has 2 aliphatic heterocycles. The lowest BCUT2D eigenvalue weighted by molar-refractivity contribution is -0.147. The number of hydrogen-bond donors (Lipinski definition) is 0. The van der Waals surface area contributed by atoms with Crippen molar-refractivity contribution < 1.29 is 14.4 Å². The fourth-order valence-corrected chi connectivity index (χ4v) is 5.78. The van der Waals surface area contributed by atoms with Gasteiger partial charge in [0, 0.05) is 32.7 Å². The second-order valence-electron chi connectivity index (χ2n) is 9.82. The van der Waals surface area contributed by atoms with Gasteiger partial charge in [-0.3, -0.25) is 24.2 Å². The first kappa shape index (κ1) is 20.4. The minimum absolute atomic E-state index is 0.0965. The fourth-order valence-electron chi connectivity index (χ4n) is 5.78. The number of rotatable bonds is 5. The van der Waals surface area contributed by atoms with Gasteiger partial charge < -0.3 is 4.90 Å². The first-order valence-corrected chi connectivity index (χ1v) is 11.5. The molecular formula is C25H31N3O3. The van der Waals surface area contributed by atoms with Crippen LogP contribution in [0.5, 0.6) is 0 Å². The van der Waals surface area contributed by atoms with Crippen LogP contribution in [0.25, 0.3) is 0 Å². The van der Waals surface area contributed by atoms with E-state index in [0.717, 1.165) is 26.1 Å². The number of hydrogen-bond acceptors (Lipinski definition) is 4. The van der Waals surface area contributed by atoms with Crippen molar-refractivity contribution in [3.8, 4) is 0 Å². The summed E-state index contributed by atoms with van der Waals surface area (Å²) in [6, 6.07) is 8.77. The highest BCUT2D eigenvalue weighted by atomic mass is 16.2. The minimum atomic E-state index is -0.228. The Morgan fingerprint density at radius 1 is 0.935 bits per heavy atom. The molecule has 3 amide bonds. The van der Waals surface area contributed by atoms with Gasteiger partial charge in [-0.1, -0.05) is 50.3 Å². The zero-order valence-corrected chi connectivity index (χ0v) is 18.4. The van der Waals surface area contributed by atoms with Gasteiger partial charge in [0.1, 0.15) is 6.54 Å². The third-order valence-electron chi connectivity index (χ3n) is 7.63. The van der Waals surface area contributed by atoms with E-state index in [2.05, 4.69) is 55.2 Å². The van der Waals surface area contributed by atoms with Crippen LogP contribution in [-0.4, -0.2) is 65.1 Å². The molecule has 5 rings (SSSR count).